The molecule has 6 heteroatoms. The maximum atomic E-state index is 12.1. The molecule has 0 unspecified atom stereocenters. The van der Waals surface area contributed by atoms with E-state index < -0.39 is 6.61 Å². The third kappa shape index (κ3) is 4.47. The Morgan fingerprint density at radius 3 is 2.50 bits per heavy atom. The van der Waals surface area contributed by atoms with Gasteiger partial charge in [-0.25, -0.2) is 5.43 Å². The number of rotatable bonds is 6. The standard InChI is InChI=1S/C14H13BrF2N2O/c15-12-8-10(6-7-13(12)20-14(16)17)9-18-19-11-4-2-1-3-5-11/h1-8,14,18-19H,9H2. The molecular formula is C14H13BrF2N2O. The summed E-state index contributed by atoms with van der Waals surface area (Å²) >= 11 is 3.21. The van der Waals surface area contributed by atoms with Crippen LogP contribution in [0.1, 0.15) is 5.56 Å². The smallest absolute Gasteiger partial charge is 0.387 e. The van der Waals surface area contributed by atoms with Crippen molar-refractivity contribution in [3.8, 4) is 5.75 Å². The van der Waals surface area contributed by atoms with E-state index in [1.165, 1.54) is 6.07 Å². The van der Waals surface area contributed by atoms with Crippen molar-refractivity contribution < 1.29 is 13.5 Å². The van der Waals surface area contributed by atoms with Gasteiger partial charge in [0.15, 0.2) is 0 Å². The minimum Gasteiger partial charge on any atom is -0.434 e. The van der Waals surface area contributed by atoms with E-state index in [1.807, 2.05) is 30.3 Å². The second-order valence-electron chi connectivity index (χ2n) is 3.99. The summed E-state index contributed by atoms with van der Waals surface area (Å²) in [6, 6.07) is 14.6. The number of nitrogens with one attached hydrogen (secondary N) is 2. The van der Waals surface area contributed by atoms with Crippen LogP contribution in [0, 0.1) is 0 Å². The largest absolute Gasteiger partial charge is 0.434 e. The van der Waals surface area contributed by atoms with Gasteiger partial charge >= 0.3 is 6.61 Å². The van der Waals surface area contributed by atoms with E-state index in [-0.39, 0.29) is 5.75 Å². The molecule has 0 aliphatic heterocycles. The SMILES string of the molecule is FC(F)Oc1ccc(CNNc2ccccc2)cc1Br. The lowest BCUT2D eigenvalue weighted by Gasteiger charge is -2.11. The fourth-order valence-corrected chi connectivity index (χ4v) is 2.14. The van der Waals surface area contributed by atoms with Gasteiger partial charge in [-0.2, -0.15) is 8.78 Å². The van der Waals surface area contributed by atoms with Gasteiger partial charge in [0, 0.05) is 12.2 Å². The van der Waals surface area contributed by atoms with Crippen molar-refractivity contribution in [1.82, 2.24) is 5.43 Å². The van der Waals surface area contributed by atoms with Gasteiger partial charge in [-0.3, -0.25) is 0 Å². The lowest BCUT2D eigenvalue weighted by Crippen LogP contribution is -2.20. The van der Waals surface area contributed by atoms with Crippen molar-refractivity contribution in [1.29, 1.82) is 0 Å². The van der Waals surface area contributed by atoms with Gasteiger partial charge in [0.25, 0.3) is 0 Å². The molecular weight excluding hydrogens is 330 g/mol. The molecule has 0 aromatic heterocycles. The molecule has 2 rings (SSSR count). The normalized spacial score (nSPS) is 10.6. The quantitative estimate of drug-likeness (QED) is 0.773. The van der Waals surface area contributed by atoms with Crippen LogP contribution in [0.5, 0.6) is 5.75 Å². The third-order valence-electron chi connectivity index (χ3n) is 2.51. The van der Waals surface area contributed by atoms with Gasteiger partial charge in [0.2, 0.25) is 0 Å². The maximum Gasteiger partial charge on any atom is 0.387 e. The molecule has 20 heavy (non-hydrogen) atoms. The average Bonchev–Trinajstić information content (AvgIpc) is 2.43. The Hall–Kier alpha value is -1.66. The van der Waals surface area contributed by atoms with E-state index in [9.17, 15) is 8.78 Å². The van der Waals surface area contributed by atoms with Gasteiger partial charge in [0.05, 0.1) is 4.47 Å². The van der Waals surface area contributed by atoms with Crippen molar-refractivity contribution in [2.75, 3.05) is 5.43 Å². The first-order valence-corrected chi connectivity index (χ1v) is 6.71. The van der Waals surface area contributed by atoms with Crippen LogP contribution in [0.3, 0.4) is 0 Å². The Kier molecular flexibility index (Phi) is 5.31. The molecule has 2 aromatic carbocycles. The second kappa shape index (κ2) is 7.21. The Morgan fingerprint density at radius 1 is 1.10 bits per heavy atom. The zero-order chi connectivity index (χ0) is 14.4. The second-order valence-corrected chi connectivity index (χ2v) is 4.84. The molecule has 0 aliphatic rings. The number of para-hydroxylation sites is 1. The first-order valence-electron chi connectivity index (χ1n) is 5.92. The molecule has 2 aromatic rings. The molecule has 106 valence electrons. The Morgan fingerprint density at radius 2 is 1.85 bits per heavy atom. The van der Waals surface area contributed by atoms with E-state index in [2.05, 4.69) is 31.5 Å². The Labute approximate surface area is 124 Å². The van der Waals surface area contributed by atoms with Crippen LogP contribution in [0.25, 0.3) is 0 Å². The molecule has 0 amide bonds. The molecule has 3 nitrogen and oxygen atoms in total. The fourth-order valence-electron chi connectivity index (χ4n) is 1.62. The van der Waals surface area contributed by atoms with E-state index in [4.69, 9.17) is 0 Å². The van der Waals surface area contributed by atoms with Gasteiger partial charge in [-0.1, -0.05) is 24.3 Å². The minimum absolute atomic E-state index is 0.125. The Balaban J connectivity index is 1.89. The van der Waals surface area contributed by atoms with Crippen molar-refractivity contribution >= 4 is 21.6 Å². The monoisotopic (exact) mass is 342 g/mol. The molecule has 0 atom stereocenters. The third-order valence-corrected chi connectivity index (χ3v) is 3.13. The number of halogens is 3. The first kappa shape index (κ1) is 14.7. The van der Waals surface area contributed by atoms with E-state index in [0.717, 1.165) is 11.3 Å². The van der Waals surface area contributed by atoms with Crippen LogP contribution < -0.4 is 15.6 Å². The van der Waals surface area contributed by atoms with Crippen LogP contribution >= 0.6 is 15.9 Å². The summed E-state index contributed by atoms with van der Waals surface area (Å²) in [5.74, 6) is 0.125. The zero-order valence-electron chi connectivity index (χ0n) is 10.4. The predicted molar refractivity (Wildman–Crippen MR) is 77.7 cm³/mol. The zero-order valence-corrected chi connectivity index (χ0v) is 12.0. The number of hydrogen-bond donors (Lipinski definition) is 2. The molecule has 2 N–H and O–H groups in total. The van der Waals surface area contributed by atoms with Crippen LogP contribution in [-0.4, -0.2) is 6.61 Å². The van der Waals surface area contributed by atoms with Crippen molar-refractivity contribution in [3.05, 3.63) is 58.6 Å². The number of anilines is 1. The van der Waals surface area contributed by atoms with E-state index in [0.29, 0.717) is 11.0 Å². The predicted octanol–water partition coefficient (Wildman–Crippen LogP) is 4.17. The van der Waals surface area contributed by atoms with Crippen molar-refractivity contribution in [2.24, 2.45) is 0 Å². The van der Waals surface area contributed by atoms with Crippen molar-refractivity contribution in [2.45, 2.75) is 13.2 Å². The molecule has 0 saturated heterocycles. The van der Waals surface area contributed by atoms with Crippen LogP contribution in [0.4, 0.5) is 14.5 Å². The lowest BCUT2D eigenvalue weighted by atomic mass is 10.2. The number of hydrazine groups is 1. The topological polar surface area (TPSA) is 33.3 Å². The summed E-state index contributed by atoms with van der Waals surface area (Å²) in [7, 11) is 0. The highest BCUT2D eigenvalue weighted by molar-refractivity contribution is 9.10. The molecule has 0 aliphatic carbocycles. The lowest BCUT2D eigenvalue weighted by molar-refractivity contribution is -0.0503. The maximum absolute atomic E-state index is 12.1. The molecule has 0 spiro atoms. The first-order chi connectivity index (χ1) is 9.65. The van der Waals surface area contributed by atoms with Crippen LogP contribution in [-0.2, 0) is 6.54 Å². The summed E-state index contributed by atoms with van der Waals surface area (Å²) < 4.78 is 29.1. The number of hydrogen-bond acceptors (Lipinski definition) is 3. The van der Waals surface area contributed by atoms with Gasteiger partial charge in [-0.05, 0) is 45.8 Å². The minimum atomic E-state index is -2.82. The summed E-state index contributed by atoms with van der Waals surface area (Å²) in [6.07, 6.45) is 0. The highest BCUT2D eigenvalue weighted by atomic mass is 79.9. The molecule has 0 bridgehead atoms. The molecule has 0 heterocycles. The van der Waals surface area contributed by atoms with E-state index >= 15 is 0 Å². The summed E-state index contributed by atoms with van der Waals surface area (Å²) in [5, 5.41) is 0. The van der Waals surface area contributed by atoms with Gasteiger partial charge in [-0.15, -0.1) is 0 Å². The number of ether oxygens (including phenoxy) is 1. The number of alkyl halides is 2. The van der Waals surface area contributed by atoms with Crippen LogP contribution in [0.15, 0.2) is 53.0 Å². The highest BCUT2D eigenvalue weighted by Crippen LogP contribution is 2.27. The number of benzene rings is 2. The summed E-state index contributed by atoms with van der Waals surface area (Å²) in [5.41, 5.74) is 7.97. The van der Waals surface area contributed by atoms with Gasteiger partial charge in [0.1, 0.15) is 5.75 Å². The highest BCUT2D eigenvalue weighted by Gasteiger charge is 2.08. The molecule has 0 radical (unpaired) electrons. The van der Waals surface area contributed by atoms with Gasteiger partial charge < -0.3 is 10.2 Å². The molecule has 0 saturated carbocycles. The summed E-state index contributed by atoms with van der Waals surface area (Å²) in [4.78, 5) is 0. The average molecular weight is 343 g/mol. The molecule has 0 fully saturated rings. The van der Waals surface area contributed by atoms with Crippen molar-refractivity contribution in [3.63, 3.8) is 0 Å². The van der Waals surface area contributed by atoms with Crippen LogP contribution in [0.2, 0.25) is 0 Å². The fraction of sp³-hybridized carbons (Fsp3) is 0.143. The van der Waals surface area contributed by atoms with E-state index in [1.54, 1.807) is 12.1 Å². The Bertz CT molecular complexity index is 552. The summed E-state index contributed by atoms with van der Waals surface area (Å²) in [6.45, 7) is -2.28.